The maximum atomic E-state index is 13.9. The monoisotopic (exact) mass is 437 g/mol. The standard InChI is InChI=1S/C19H14BrClFNO3/c1-10-2-3-11(6-15(10)22)9-23-16-7-12(21)4-5-13(16)18(20)14(19(25)26)8-17(23)24/h2-7H,8-9H2,1H3,(H,25,26). The first-order valence-electron chi connectivity index (χ1n) is 7.75. The number of amides is 1. The van der Waals surface area contributed by atoms with Gasteiger partial charge >= 0.3 is 5.97 Å². The van der Waals surface area contributed by atoms with E-state index in [2.05, 4.69) is 15.9 Å². The summed E-state index contributed by atoms with van der Waals surface area (Å²) >= 11 is 9.40. The Labute approximate surface area is 163 Å². The second-order valence-corrected chi connectivity index (χ2v) is 7.23. The molecule has 0 aromatic heterocycles. The minimum atomic E-state index is -1.17. The van der Waals surface area contributed by atoms with Crippen LogP contribution in [0.15, 0.2) is 42.0 Å². The highest BCUT2D eigenvalue weighted by atomic mass is 79.9. The van der Waals surface area contributed by atoms with Crippen LogP contribution in [0.2, 0.25) is 5.02 Å². The summed E-state index contributed by atoms with van der Waals surface area (Å²) in [6, 6.07) is 9.64. The number of halogens is 3. The van der Waals surface area contributed by atoms with Crippen LogP contribution < -0.4 is 4.90 Å². The summed E-state index contributed by atoms with van der Waals surface area (Å²) in [5.41, 5.74) is 2.10. The van der Waals surface area contributed by atoms with E-state index in [1.165, 1.54) is 11.0 Å². The van der Waals surface area contributed by atoms with E-state index in [9.17, 15) is 19.1 Å². The van der Waals surface area contributed by atoms with E-state index < -0.39 is 11.9 Å². The lowest BCUT2D eigenvalue weighted by atomic mass is 10.1. The number of aryl methyl sites for hydroxylation is 1. The van der Waals surface area contributed by atoms with E-state index >= 15 is 0 Å². The smallest absolute Gasteiger partial charge is 0.333 e. The summed E-state index contributed by atoms with van der Waals surface area (Å²) in [7, 11) is 0. The summed E-state index contributed by atoms with van der Waals surface area (Å²) in [6.07, 6.45) is -0.281. The molecule has 1 heterocycles. The quantitative estimate of drug-likeness (QED) is 0.740. The Morgan fingerprint density at radius 3 is 2.69 bits per heavy atom. The summed E-state index contributed by atoms with van der Waals surface area (Å²) in [4.78, 5) is 25.8. The van der Waals surface area contributed by atoms with Gasteiger partial charge in [-0.2, -0.15) is 0 Å². The van der Waals surface area contributed by atoms with Crippen molar-refractivity contribution in [2.24, 2.45) is 0 Å². The number of carbonyl (C=O) groups is 2. The van der Waals surface area contributed by atoms with Crippen LogP contribution in [0.25, 0.3) is 4.48 Å². The highest BCUT2D eigenvalue weighted by molar-refractivity contribution is 9.15. The number of benzene rings is 2. The molecule has 26 heavy (non-hydrogen) atoms. The minimum Gasteiger partial charge on any atom is -0.478 e. The van der Waals surface area contributed by atoms with Crippen LogP contribution in [-0.2, 0) is 16.1 Å². The minimum absolute atomic E-state index is 0.0313. The molecule has 2 aromatic rings. The maximum absolute atomic E-state index is 13.9. The zero-order valence-electron chi connectivity index (χ0n) is 13.7. The summed E-state index contributed by atoms with van der Waals surface area (Å²) in [6.45, 7) is 1.77. The third kappa shape index (κ3) is 3.52. The lowest BCUT2D eigenvalue weighted by Gasteiger charge is -2.24. The van der Waals surface area contributed by atoms with Crippen molar-refractivity contribution in [1.82, 2.24) is 0 Å². The van der Waals surface area contributed by atoms with Gasteiger partial charge in [0, 0.05) is 15.1 Å². The van der Waals surface area contributed by atoms with Gasteiger partial charge in [0.1, 0.15) is 5.82 Å². The van der Waals surface area contributed by atoms with Gasteiger partial charge in [-0.05, 0) is 52.2 Å². The van der Waals surface area contributed by atoms with E-state index in [0.29, 0.717) is 31.9 Å². The van der Waals surface area contributed by atoms with E-state index in [-0.39, 0.29) is 24.4 Å². The number of fused-ring (bicyclic) bond motifs is 1. The molecule has 134 valence electrons. The van der Waals surface area contributed by atoms with Crippen molar-refractivity contribution in [3.05, 3.63) is 69.5 Å². The molecule has 0 fully saturated rings. The van der Waals surface area contributed by atoms with Gasteiger partial charge in [-0.1, -0.05) is 29.8 Å². The van der Waals surface area contributed by atoms with Crippen molar-refractivity contribution < 1.29 is 19.1 Å². The molecule has 0 bridgehead atoms. The first kappa shape index (κ1) is 18.6. The van der Waals surface area contributed by atoms with Crippen LogP contribution >= 0.6 is 27.5 Å². The molecule has 2 aromatic carbocycles. The molecule has 7 heteroatoms. The number of nitrogens with zero attached hydrogens (tertiary/aromatic N) is 1. The van der Waals surface area contributed by atoms with E-state index in [1.54, 1.807) is 37.3 Å². The Balaban J connectivity index is 2.11. The molecule has 1 aliphatic rings. The first-order chi connectivity index (χ1) is 12.3. The fourth-order valence-electron chi connectivity index (χ4n) is 2.80. The maximum Gasteiger partial charge on any atom is 0.333 e. The fraction of sp³-hybridized carbons (Fsp3) is 0.158. The summed E-state index contributed by atoms with van der Waals surface area (Å²) in [5, 5.41) is 9.85. The lowest BCUT2D eigenvalue weighted by molar-refractivity contribution is -0.133. The van der Waals surface area contributed by atoms with Crippen molar-refractivity contribution >= 4 is 49.6 Å². The lowest BCUT2D eigenvalue weighted by Crippen LogP contribution is -2.30. The highest BCUT2D eigenvalue weighted by Gasteiger charge is 2.30. The van der Waals surface area contributed by atoms with Crippen molar-refractivity contribution in [3.8, 4) is 0 Å². The Morgan fingerprint density at radius 1 is 1.31 bits per heavy atom. The number of carboxylic acid groups (broad SMARTS) is 1. The van der Waals surface area contributed by atoms with E-state index in [4.69, 9.17) is 11.6 Å². The zero-order valence-corrected chi connectivity index (χ0v) is 16.1. The predicted molar refractivity (Wildman–Crippen MR) is 102 cm³/mol. The molecule has 1 amide bonds. The molecule has 0 atom stereocenters. The van der Waals surface area contributed by atoms with Crippen LogP contribution in [0, 0.1) is 12.7 Å². The van der Waals surface area contributed by atoms with Gasteiger partial charge in [0.05, 0.1) is 24.2 Å². The normalized spacial score (nSPS) is 14.3. The number of carboxylic acids is 1. The molecule has 0 spiro atoms. The van der Waals surface area contributed by atoms with Crippen LogP contribution in [0.4, 0.5) is 10.1 Å². The molecule has 1 aliphatic heterocycles. The Kier molecular flexibility index (Phi) is 5.16. The van der Waals surface area contributed by atoms with Crippen LogP contribution in [0.3, 0.4) is 0 Å². The van der Waals surface area contributed by atoms with E-state index in [0.717, 1.165) is 0 Å². The summed E-state index contributed by atoms with van der Waals surface area (Å²) < 4.78 is 14.2. The van der Waals surface area contributed by atoms with Gasteiger partial charge in [0.25, 0.3) is 0 Å². The van der Waals surface area contributed by atoms with Gasteiger partial charge in [-0.3, -0.25) is 4.79 Å². The Morgan fingerprint density at radius 2 is 2.04 bits per heavy atom. The SMILES string of the molecule is Cc1ccc(CN2C(=O)CC(C(=O)O)=C(Br)c3ccc(Cl)cc32)cc1F. The van der Waals surface area contributed by atoms with Crippen LogP contribution in [0.1, 0.15) is 23.1 Å². The highest BCUT2D eigenvalue weighted by Crippen LogP contribution is 2.40. The molecular formula is C19H14BrClFNO3. The van der Waals surface area contributed by atoms with Gasteiger partial charge in [-0.25, -0.2) is 9.18 Å². The topological polar surface area (TPSA) is 57.6 Å². The van der Waals surface area contributed by atoms with Crippen molar-refractivity contribution in [1.29, 1.82) is 0 Å². The number of hydrogen-bond acceptors (Lipinski definition) is 2. The molecule has 1 N–H and O–H groups in total. The third-order valence-corrected chi connectivity index (χ3v) is 5.36. The number of aliphatic carboxylic acids is 1. The predicted octanol–water partition coefficient (Wildman–Crippen LogP) is 4.92. The molecule has 0 saturated carbocycles. The summed E-state index contributed by atoms with van der Waals surface area (Å²) in [5.74, 6) is -1.93. The third-order valence-electron chi connectivity index (χ3n) is 4.22. The Hall–Kier alpha value is -2.18. The largest absolute Gasteiger partial charge is 0.478 e. The van der Waals surface area contributed by atoms with E-state index in [1.807, 2.05) is 0 Å². The van der Waals surface area contributed by atoms with Crippen LogP contribution in [-0.4, -0.2) is 17.0 Å². The van der Waals surface area contributed by atoms with Crippen molar-refractivity contribution in [3.63, 3.8) is 0 Å². The molecule has 0 aliphatic carbocycles. The Bertz CT molecular complexity index is 958. The molecule has 4 nitrogen and oxygen atoms in total. The number of rotatable bonds is 3. The van der Waals surface area contributed by atoms with Crippen molar-refractivity contribution in [2.75, 3.05) is 4.90 Å². The second-order valence-electron chi connectivity index (χ2n) is 6.00. The zero-order chi connectivity index (χ0) is 19.0. The fourth-order valence-corrected chi connectivity index (χ4v) is 3.61. The molecular weight excluding hydrogens is 425 g/mol. The van der Waals surface area contributed by atoms with Gasteiger partial charge in [-0.15, -0.1) is 0 Å². The second kappa shape index (κ2) is 7.21. The average molecular weight is 439 g/mol. The average Bonchev–Trinajstić information content (AvgIpc) is 2.68. The number of hydrogen-bond donors (Lipinski definition) is 1. The number of anilines is 1. The molecule has 0 saturated heterocycles. The first-order valence-corrected chi connectivity index (χ1v) is 8.92. The molecule has 0 unspecified atom stereocenters. The van der Waals surface area contributed by atoms with Gasteiger partial charge in [0.2, 0.25) is 5.91 Å². The van der Waals surface area contributed by atoms with Gasteiger partial charge in [0.15, 0.2) is 0 Å². The number of carbonyl (C=O) groups excluding carboxylic acids is 1. The van der Waals surface area contributed by atoms with Crippen LogP contribution in [0.5, 0.6) is 0 Å². The van der Waals surface area contributed by atoms with Crippen molar-refractivity contribution in [2.45, 2.75) is 19.9 Å². The van der Waals surface area contributed by atoms with Gasteiger partial charge < -0.3 is 10.0 Å². The molecule has 3 rings (SSSR count). The molecule has 0 radical (unpaired) electrons.